The lowest BCUT2D eigenvalue weighted by Crippen LogP contribution is -2.17. The molecule has 0 aliphatic heterocycles. The van der Waals surface area contributed by atoms with Gasteiger partial charge in [0.25, 0.3) is 0 Å². The van der Waals surface area contributed by atoms with Crippen LogP contribution in [0.1, 0.15) is 58.5 Å². The minimum atomic E-state index is -0.121. The van der Waals surface area contributed by atoms with E-state index in [2.05, 4.69) is 88.5 Å². The minimum Gasteiger partial charge on any atom is -0.507 e. The van der Waals surface area contributed by atoms with Gasteiger partial charge in [0, 0.05) is 28.0 Å². The van der Waals surface area contributed by atoms with Crippen LogP contribution >= 0.6 is 11.8 Å². The van der Waals surface area contributed by atoms with Gasteiger partial charge >= 0.3 is 0 Å². The number of benzene rings is 2. The fourth-order valence-corrected chi connectivity index (χ4v) is 4.23. The van der Waals surface area contributed by atoms with Gasteiger partial charge in [-0.1, -0.05) is 53.3 Å². The Labute approximate surface area is 166 Å². The number of phenolic OH excluding ortho intramolecular Hbond substituents is 1. The van der Waals surface area contributed by atoms with E-state index in [1.165, 1.54) is 4.90 Å². The highest BCUT2D eigenvalue weighted by Crippen LogP contribution is 2.43. The Morgan fingerprint density at radius 1 is 0.889 bits per heavy atom. The second-order valence-corrected chi connectivity index (χ2v) is 10.5. The molecule has 144 valence electrons. The van der Waals surface area contributed by atoms with Gasteiger partial charge in [-0.25, -0.2) is 4.98 Å². The lowest BCUT2D eigenvalue weighted by Gasteiger charge is -2.28. The highest BCUT2D eigenvalue weighted by molar-refractivity contribution is 7.99. The molecule has 0 unspecified atom stereocenters. The van der Waals surface area contributed by atoms with Crippen LogP contribution in [0.25, 0.3) is 11.0 Å². The molecule has 0 aliphatic rings. The fraction of sp³-hybridized carbons (Fsp3) is 0.435. The molecule has 3 rings (SSSR count). The van der Waals surface area contributed by atoms with Crippen molar-refractivity contribution in [2.45, 2.75) is 69.1 Å². The van der Waals surface area contributed by atoms with Crippen LogP contribution in [0.5, 0.6) is 5.75 Å². The van der Waals surface area contributed by atoms with Gasteiger partial charge in [0.1, 0.15) is 11.6 Å². The van der Waals surface area contributed by atoms with E-state index in [-0.39, 0.29) is 10.8 Å². The van der Waals surface area contributed by atoms with Gasteiger partial charge in [0.15, 0.2) is 0 Å². The van der Waals surface area contributed by atoms with Crippen molar-refractivity contribution in [2.75, 3.05) is 0 Å². The van der Waals surface area contributed by atoms with Crippen LogP contribution in [-0.4, -0.2) is 14.7 Å². The van der Waals surface area contributed by atoms with E-state index in [9.17, 15) is 5.11 Å². The normalized spacial score (nSPS) is 12.7. The molecule has 27 heavy (non-hydrogen) atoms. The van der Waals surface area contributed by atoms with Gasteiger partial charge in [-0.2, -0.15) is 0 Å². The number of nitrogens with zero attached hydrogens (tertiary/aromatic N) is 2. The first-order chi connectivity index (χ1) is 12.4. The van der Waals surface area contributed by atoms with Crippen molar-refractivity contribution >= 4 is 22.8 Å². The predicted octanol–water partition coefficient (Wildman–Crippen LogP) is 6.33. The molecule has 4 heteroatoms. The number of aromatic hydroxyl groups is 1. The minimum absolute atomic E-state index is 0.121. The van der Waals surface area contributed by atoms with E-state index in [1.807, 2.05) is 6.92 Å². The van der Waals surface area contributed by atoms with Crippen LogP contribution in [-0.2, 0) is 17.9 Å². The SMILES string of the molecule is Cc1nc2ccc(Sc3cc(C(C)(C)C)c(O)c(C(C)(C)C)c3)cc2n1C. The molecule has 0 saturated carbocycles. The van der Waals surface area contributed by atoms with Crippen molar-refractivity contribution in [2.24, 2.45) is 7.05 Å². The maximum absolute atomic E-state index is 10.9. The summed E-state index contributed by atoms with van der Waals surface area (Å²) >= 11 is 1.74. The Morgan fingerprint density at radius 3 is 1.96 bits per heavy atom. The molecule has 1 aromatic heterocycles. The lowest BCUT2D eigenvalue weighted by atomic mass is 9.79. The summed E-state index contributed by atoms with van der Waals surface area (Å²) < 4.78 is 2.12. The summed E-state index contributed by atoms with van der Waals surface area (Å²) in [6, 6.07) is 10.7. The van der Waals surface area contributed by atoms with E-state index in [0.29, 0.717) is 5.75 Å². The molecule has 1 N–H and O–H groups in total. The van der Waals surface area contributed by atoms with Crippen molar-refractivity contribution in [3.05, 3.63) is 47.3 Å². The quantitative estimate of drug-likeness (QED) is 0.562. The standard InChI is InChI=1S/C23H30N2OS/c1-14-24-19-10-9-15(13-20(19)25(14)8)27-16-11-17(22(2,3)4)21(26)18(12-16)23(5,6)7/h9-13,26H,1-8H3. The molecule has 0 spiro atoms. The largest absolute Gasteiger partial charge is 0.507 e. The zero-order chi connectivity index (χ0) is 20.1. The molecular weight excluding hydrogens is 352 g/mol. The number of aromatic nitrogens is 2. The van der Waals surface area contributed by atoms with E-state index in [0.717, 1.165) is 32.9 Å². The molecular formula is C23H30N2OS. The highest BCUT2D eigenvalue weighted by atomic mass is 32.2. The van der Waals surface area contributed by atoms with Crippen LogP contribution in [0.4, 0.5) is 0 Å². The summed E-state index contributed by atoms with van der Waals surface area (Å²) in [6.07, 6.45) is 0. The van der Waals surface area contributed by atoms with Crippen LogP contribution in [0.2, 0.25) is 0 Å². The molecule has 3 aromatic rings. The molecule has 0 radical (unpaired) electrons. The lowest BCUT2D eigenvalue weighted by molar-refractivity contribution is 0.422. The van der Waals surface area contributed by atoms with Crippen molar-refractivity contribution < 1.29 is 5.11 Å². The van der Waals surface area contributed by atoms with Crippen molar-refractivity contribution in [3.8, 4) is 5.75 Å². The first-order valence-corrected chi connectivity index (χ1v) is 10.2. The fourth-order valence-electron chi connectivity index (χ4n) is 3.30. The van der Waals surface area contributed by atoms with E-state index < -0.39 is 0 Å². The highest BCUT2D eigenvalue weighted by Gasteiger charge is 2.26. The van der Waals surface area contributed by atoms with Gasteiger partial charge in [0.2, 0.25) is 0 Å². The number of rotatable bonds is 2. The van der Waals surface area contributed by atoms with E-state index >= 15 is 0 Å². The summed E-state index contributed by atoms with van der Waals surface area (Å²) in [5.74, 6) is 1.44. The first-order valence-electron chi connectivity index (χ1n) is 9.37. The molecule has 0 aliphatic carbocycles. The van der Waals surface area contributed by atoms with Crippen LogP contribution < -0.4 is 0 Å². The third-order valence-electron chi connectivity index (χ3n) is 5.01. The molecule has 0 amide bonds. The third kappa shape index (κ3) is 3.86. The number of imidazole rings is 1. The maximum atomic E-state index is 10.9. The average Bonchev–Trinajstić information content (AvgIpc) is 2.81. The molecule has 0 atom stereocenters. The summed E-state index contributed by atoms with van der Waals surface area (Å²) in [4.78, 5) is 6.92. The van der Waals surface area contributed by atoms with Gasteiger partial charge in [-0.05, 0) is 48.1 Å². The Bertz CT molecular complexity index is 969. The molecule has 0 bridgehead atoms. The molecule has 0 fully saturated rings. The third-order valence-corrected chi connectivity index (χ3v) is 5.97. The number of aryl methyl sites for hydroxylation is 2. The van der Waals surface area contributed by atoms with Gasteiger partial charge in [-0.3, -0.25) is 0 Å². The molecule has 0 saturated heterocycles. The van der Waals surface area contributed by atoms with Crippen LogP contribution in [0, 0.1) is 6.92 Å². The second kappa shape index (κ2) is 6.59. The van der Waals surface area contributed by atoms with Crippen LogP contribution in [0.3, 0.4) is 0 Å². The molecule has 1 heterocycles. The van der Waals surface area contributed by atoms with Crippen molar-refractivity contribution in [1.82, 2.24) is 9.55 Å². The topological polar surface area (TPSA) is 38.1 Å². The number of phenols is 1. The Kier molecular flexibility index (Phi) is 4.84. The van der Waals surface area contributed by atoms with Gasteiger partial charge < -0.3 is 9.67 Å². The first kappa shape index (κ1) is 19.8. The predicted molar refractivity (Wildman–Crippen MR) is 115 cm³/mol. The zero-order valence-corrected chi connectivity index (χ0v) is 18.5. The summed E-state index contributed by atoms with van der Waals surface area (Å²) in [6.45, 7) is 14.9. The maximum Gasteiger partial charge on any atom is 0.123 e. The smallest absolute Gasteiger partial charge is 0.123 e. The summed E-state index contributed by atoms with van der Waals surface area (Å²) in [5.41, 5.74) is 3.91. The second-order valence-electron chi connectivity index (χ2n) is 9.34. The summed E-state index contributed by atoms with van der Waals surface area (Å²) in [7, 11) is 2.05. The monoisotopic (exact) mass is 382 g/mol. The Balaban J connectivity index is 2.10. The average molecular weight is 383 g/mol. The van der Waals surface area contributed by atoms with Crippen molar-refractivity contribution in [3.63, 3.8) is 0 Å². The molecule has 2 aromatic carbocycles. The number of hydrogen-bond acceptors (Lipinski definition) is 3. The van der Waals surface area contributed by atoms with Crippen LogP contribution in [0.15, 0.2) is 40.1 Å². The summed E-state index contributed by atoms with van der Waals surface area (Å²) in [5, 5.41) is 10.9. The van der Waals surface area contributed by atoms with E-state index in [4.69, 9.17) is 0 Å². The Morgan fingerprint density at radius 2 is 1.44 bits per heavy atom. The zero-order valence-electron chi connectivity index (χ0n) is 17.6. The van der Waals surface area contributed by atoms with Crippen molar-refractivity contribution in [1.29, 1.82) is 0 Å². The Hall–Kier alpha value is -1.94. The molecule has 3 nitrogen and oxygen atoms in total. The van der Waals surface area contributed by atoms with Gasteiger partial charge in [-0.15, -0.1) is 0 Å². The number of fused-ring (bicyclic) bond motifs is 1. The van der Waals surface area contributed by atoms with E-state index in [1.54, 1.807) is 11.8 Å². The number of hydrogen-bond donors (Lipinski definition) is 1. The van der Waals surface area contributed by atoms with Gasteiger partial charge in [0.05, 0.1) is 11.0 Å².